The third-order valence-corrected chi connectivity index (χ3v) is 1.53. The van der Waals surface area contributed by atoms with E-state index in [-0.39, 0.29) is 11.4 Å². The Labute approximate surface area is 87.1 Å². The number of hydrogen-bond donors (Lipinski definition) is 1. The van der Waals surface area contributed by atoms with Gasteiger partial charge >= 0.3 is 0 Å². The fraction of sp³-hybridized carbons (Fsp3) is 0.667. The van der Waals surface area contributed by atoms with E-state index in [0.29, 0.717) is 0 Å². The summed E-state index contributed by atoms with van der Waals surface area (Å²) in [6.45, 7) is 8.02. The van der Waals surface area contributed by atoms with Crippen molar-refractivity contribution in [3.05, 3.63) is 17.9 Å². The van der Waals surface area contributed by atoms with Gasteiger partial charge in [-0.2, -0.15) is 0 Å². The summed E-state index contributed by atoms with van der Waals surface area (Å²) in [5.41, 5.74) is 2.71. The van der Waals surface area contributed by atoms with Crippen molar-refractivity contribution in [2.75, 3.05) is 0 Å². The quantitative estimate of drug-likeness (QED) is 0.417. The van der Waals surface area contributed by atoms with Crippen molar-refractivity contribution in [1.82, 2.24) is 5.32 Å². The highest BCUT2D eigenvalue weighted by atomic mass is 16.1. The minimum atomic E-state index is -0.168. The first-order valence-corrected chi connectivity index (χ1v) is 5.19. The van der Waals surface area contributed by atoms with Crippen LogP contribution >= 0.6 is 0 Å². The summed E-state index contributed by atoms with van der Waals surface area (Å²) in [6.07, 6.45) is 6.69. The molecule has 2 nitrogen and oxygen atoms in total. The summed E-state index contributed by atoms with van der Waals surface area (Å²) in [7, 11) is 0. The standard InChI is InChI=1S/C12H21NO/c1-5-6-7-8-9-10-11(14)13-12(2,3)4/h8,10H,5-7H2,1-4H3,(H,13,14). The number of unbranched alkanes of at least 4 members (excludes halogenated alkanes) is 2. The second kappa shape index (κ2) is 6.44. The van der Waals surface area contributed by atoms with Crippen molar-refractivity contribution in [3.8, 4) is 0 Å². The van der Waals surface area contributed by atoms with Crippen LogP contribution in [0.5, 0.6) is 0 Å². The van der Waals surface area contributed by atoms with Crippen molar-refractivity contribution < 1.29 is 4.79 Å². The molecule has 0 rings (SSSR count). The third-order valence-electron chi connectivity index (χ3n) is 1.53. The van der Waals surface area contributed by atoms with Gasteiger partial charge in [0.15, 0.2) is 0 Å². The molecule has 0 radical (unpaired) electrons. The van der Waals surface area contributed by atoms with Crippen molar-refractivity contribution in [2.24, 2.45) is 0 Å². The van der Waals surface area contributed by atoms with Crippen LogP contribution in [-0.2, 0) is 4.79 Å². The summed E-state index contributed by atoms with van der Waals surface area (Å²) in [4.78, 5) is 11.2. The lowest BCUT2D eigenvalue weighted by Crippen LogP contribution is -2.39. The Hall–Kier alpha value is -1.01. The maximum atomic E-state index is 11.2. The van der Waals surface area contributed by atoms with E-state index in [0.717, 1.165) is 12.8 Å². The number of hydrogen-bond acceptors (Lipinski definition) is 1. The van der Waals surface area contributed by atoms with Crippen LogP contribution in [0.25, 0.3) is 0 Å². The molecule has 14 heavy (non-hydrogen) atoms. The fourth-order valence-corrected chi connectivity index (χ4v) is 0.930. The zero-order valence-electron chi connectivity index (χ0n) is 9.68. The Bertz CT molecular complexity index is 229. The lowest BCUT2D eigenvalue weighted by molar-refractivity contribution is -0.117. The maximum absolute atomic E-state index is 11.2. The van der Waals surface area contributed by atoms with Gasteiger partial charge in [0.25, 0.3) is 5.91 Å². The molecule has 0 aromatic carbocycles. The molecule has 0 aromatic heterocycles. The summed E-state index contributed by atoms with van der Waals surface area (Å²) >= 11 is 0. The molecule has 0 heterocycles. The predicted octanol–water partition coefficient (Wildman–Crippen LogP) is 2.80. The van der Waals surface area contributed by atoms with Crippen LogP contribution in [0, 0.1) is 0 Å². The molecular formula is C12H21NO. The zero-order chi connectivity index (χ0) is 11.0. The minimum Gasteiger partial charge on any atom is -0.347 e. The van der Waals surface area contributed by atoms with Gasteiger partial charge in [-0.25, -0.2) is 0 Å². The van der Waals surface area contributed by atoms with Crippen LogP contribution in [0.4, 0.5) is 0 Å². The van der Waals surface area contributed by atoms with Crippen molar-refractivity contribution in [1.29, 1.82) is 0 Å². The Morgan fingerprint density at radius 3 is 2.57 bits per heavy atom. The largest absolute Gasteiger partial charge is 0.347 e. The van der Waals surface area contributed by atoms with Crippen molar-refractivity contribution >= 4 is 5.91 Å². The van der Waals surface area contributed by atoms with E-state index in [1.54, 1.807) is 0 Å². The van der Waals surface area contributed by atoms with Gasteiger partial charge in [0, 0.05) is 11.6 Å². The van der Waals surface area contributed by atoms with Crippen LogP contribution in [0.3, 0.4) is 0 Å². The molecule has 0 unspecified atom stereocenters. The summed E-state index contributed by atoms with van der Waals surface area (Å²) in [6, 6.07) is 0. The zero-order valence-corrected chi connectivity index (χ0v) is 9.68. The van der Waals surface area contributed by atoms with E-state index >= 15 is 0 Å². The smallest absolute Gasteiger partial charge is 0.252 e. The molecule has 0 aliphatic rings. The van der Waals surface area contributed by atoms with Gasteiger partial charge in [-0.1, -0.05) is 13.3 Å². The lowest BCUT2D eigenvalue weighted by Gasteiger charge is -2.18. The van der Waals surface area contributed by atoms with E-state index < -0.39 is 0 Å². The molecule has 0 aliphatic carbocycles. The van der Waals surface area contributed by atoms with Gasteiger partial charge in [0.2, 0.25) is 0 Å². The second-order valence-electron chi connectivity index (χ2n) is 4.40. The lowest BCUT2D eigenvalue weighted by atomic mass is 10.1. The highest BCUT2D eigenvalue weighted by Crippen LogP contribution is 1.98. The molecule has 0 bridgehead atoms. The van der Waals surface area contributed by atoms with Gasteiger partial charge in [0.05, 0.1) is 0 Å². The van der Waals surface area contributed by atoms with Gasteiger partial charge in [-0.3, -0.25) is 4.79 Å². The first-order chi connectivity index (χ1) is 6.45. The molecule has 0 fully saturated rings. The van der Waals surface area contributed by atoms with Gasteiger partial charge < -0.3 is 5.32 Å². The van der Waals surface area contributed by atoms with Crippen LogP contribution in [0.15, 0.2) is 17.9 Å². The second-order valence-corrected chi connectivity index (χ2v) is 4.40. The molecule has 0 aromatic rings. The number of carbonyl (C=O) groups excluding carboxylic acids is 1. The normalized spacial score (nSPS) is 10.3. The van der Waals surface area contributed by atoms with Gasteiger partial charge in [0.1, 0.15) is 0 Å². The topological polar surface area (TPSA) is 29.1 Å². The average molecular weight is 195 g/mol. The maximum Gasteiger partial charge on any atom is 0.252 e. The molecule has 80 valence electrons. The van der Waals surface area contributed by atoms with E-state index in [2.05, 4.69) is 18.0 Å². The van der Waals surface area contributed by atoms with Crippen molar-refractivity contribution in [2.45, 2.75) is 52.5 Å². The number of amides is 1. The molecule has 0 saturated carbocycles. The monoisotopic (exact) mass is 195 g/mol. The fourth-order valence-electron chi connectivity index (χ4n) is 0.930. The van der Waals surface area contributed by atoms with Crippen molar-refractivity contribution in [3.63, 3.8) is 0 Å². The predicted molar refractivity (Wildman–Crippen MR) is 60.1 cm³/mol. The average Bonchev–Trinajstić information content (AvgIpc) is 2.00. The Morgan fingerprint density at radius 2 is 2.07 bits per heavy atom. The molecule has 0 saturated heterocycles. The molecule has 0 aliphatic heterocycles. The van der Waals surface area contributed by atoms with E-state index in [9.17, 15) is 4.79 Å². The Kier molecular flexibility index (Phi) is 5.98. The summed E-state index contributed by atoms with van der Waals surface area (Å²) < 4.78 is 0. The van der Waals surface area contributed by atoms with Crippen LogP contribution in [-0.4, -0.2) is 11.4 Å². The highest BCUT2D eigenvalue weighted by Gasteiger charge is 2.10. The van der Waals surface area contributed by atoms with Gasteiger partial charge in [-0.15, -0.1) is 5.73 Å². The van der Waals surface area contributed by atoms with E-state index in [1.165, 1.54) is 12.5 Å². The highest BCUT2D eigenvalue weighted by molar-refractivity contribution is 5.87. The van der Waals surface area contributed by atoms with Crippen LogP contribution < -0.4 is 5.32 Å². The SMILES string of the molecule is CCCCC=C=CC(=O)NC(C)(C)C. The van der Waals surface area contributed by atoms with E-state index in [1.807, 2.05) is 26.8 Å². The number of nitrogens with one attached hydrogen (secondary N) is 1. The van der Waals surface area contributed by atoms with Crippen LogP contribution in [0.2, 0.25) is 0 Å². The van der Waals surface area contributed by atoms with Crippen LogP contribution in [0.1, 0.15) is 47.0 Å². The molecule has 0 atom stereocenters. The molecular weight excluding hydrogens is 174 g/mol. The van der Waals surface area contributed by atoms with E-state index in [4.69, 9.17) is 0 Å². The first kappa shape index (κ1) is 13.0. The number of rotatable bonds is 4. The number of carbonyl (C=O) groups is 1. The molecule has 1 amide bonds. The molecule has 2 heteroatoms. The molecule has 1 N–H and O–H groups in total. The van der Waals surface area contributed by atoms with Gasteiger partial charge in [-0.05, 0) is 39.7 Å². The first-order valence-electron chi connectivity index (χ1n) is 5.19. The minimum absolute atomic E-state index is 0.0785. The summed E-state index contributed by atoms with van der Waals surface area (Å²) in [5, 5.41) is 2.83. The Balaban J connectivity index is 3.88. The summed E-state index contributed by atoms with van der Waals surface area (Å²) in [5.74, 6) is -0.0785. The molecule has 0 spiro atoms. The Morgan fingerprint density at radius 1 is 1.43 bits per heavy atom. The third kappa shape index (κ3) is 9.08.